The number of carbonyl (C=O) groups is 7. The van der Waals surface area contributed by atoms with Crippen LogP contribution in [0, 0.1) is 17.8 Å². The Hall–Kier alpha value is -5.23. The molecule has 0 aliphatic rings. The van der Waals surface area contributed by atoms with Crippen LogP contribution in [-0.4, -0.2) is 90.0 Å². The van der Waals surface area contributed by atoms with E-state index in [1.807, 2.05) is 0 Å². The van der Waals surface area contributed by atoms with Gasteiger partial charge in [-0.1, -0.05) is 75.7 Å². The molecule has 57 heavy (non-hydrogen) atoms. The molecule has 1 unspecified atom stereocenters. The van der Waals surface area contributed by atoms with Crippen LogP contribution >= 0.6 is 0 Å². The number of allylic oxidation sites excluding steroid dienone is 1. The van der Waals surface area contributed by atoms with Crippen molar-refractivity contribution >= 4 is 41.5 Å². The van der Waals surface area contributed by atoms with E-state index in [9.17, 15) is 43.8 Å². The molecular weight excluding hydrogens is 742 g/mol. The predicted octanol–water partition coefficient (Wildman–Crippen LogP) is 4.93. The van der Waals surface area contributed by atoms with Gasteiger partial charge in [0.1, 0.15) is 24.2 Å². The van der Waals surface area contributed by atoms with Crippen molar-refractivity contribution in [3.8, 4) is 17.6 Å². The number of aliphatic hydroxyl groups is 1. The number of methoxy groups -OCH3 is 1. The second kappa shape index (κ2) is 28.2. The average molecular weight is 802 g/mol. The molecule has 4 atom stereocenters. The lowest BCUT2D eigenvalue weighted by Crippen LogP contribution is -2.56. The topological polar surface area (TPSA) is 218 Å². The number of amides is 1. The van der Waals surface area contributed by atoms with Crippen molar-refractivity contribution in [1.29, 1.82) is 0 Å². The van der Waals surface area contributed by atoms with Gasteiger partial charge in [0.15, 0.2) is 12.2 Å². The molecule has 1 aromatic rings. The van der Waals surface area contributed by atoms with Crippen LogP contribution in [0.1, 0.15) is 117 Å². The Labute approximate surface area is 335 Å². The maximum absolute atomic E-state index is 14.0. The summed E-state index contributed by atoms with van der Waals surface area (Å²) in [6, 6.07) is 4.92. The summed E-state index contributed by atoms with van der Waals surface area (Å²) in [5.41, 5.74) is -2.60. The molecule has 0 saturated heterocycles. The molecule has 316 valence electrons. The molecular formula is C42H59NO14. The van der Waals surface area contributed by atoms with Gasteiger partial charge in [-0.25, -0.2) is 14.4 Å². The van der Waals surface area contributed by atoms with Gasteiger partial charge >= 0.3 is 29.8 Å². The standard InChI is InChI=1S/C42H59NO14/c1-6-8-10-13-16-19-33(45)20-17-14-11-12-15-18-21-35(42(52,41(50)51)28-37(46)57-31(4)56-30(3)44)39(48)43-36(40(49)55-29-38(47)53-5)27-32-22-24-34(25-23-32)54-26-9-7-2/h18,21-25,31,35-36,52H,6,8,10-17,19-20,26-29H2,1-5H3,(H,43,48)(H,50,51)/t31?,35-,36+,42+/m1/s1. The highest BCUT2D eigenvalue weighted by molar-refractivity contribution is 5.95. The summed E-state index contributed by atoms with van der Waals surface area (Å²) >= 11 is 0. The summed E-state index contributed by atoms with van der Waals surface area (Å²) in [4.78, 5) is 87.9. The van der Waals surface area contributed by atoms with Crippen LogP contribution < -0.4 is 10.1 Å². The Balaban J connectivity index is 3.25. The van der Waals surface area contributed by atoms with Gasteiger partial charge in [-0.15, -0.1) is 5.92 Å². The zero-order chi connectivity index (χ0) is 42.6. The van der Waals surface area contributed by atoms with Crippen LogP contribution in [0.3, 0.4) is 0 Å². The number of ketones is 1. The van der Waals surface area contributed by atoms with Crippen molar-refractivity contribution < 1.29 is 67.5 Å². The fraction of sp³-hybridized carbons (Fsp3) is 0.595. The molecule has 1 aromatic carbocycles. The maximum Gasteiger partial charge on any atom is 0.344 e. The van der Waals surface area contributed by atoms with Crippen LogP contribution in [0.5, 0.6) is 5.75 Å². The number of hydrogen-bond acceptors (Lipinski definition) is 13. The first-order chi connectivity index (χ1) is 27.2. The lowest BCUT2D eigenvalue weighted by atomic mass is 9.82. The van der Waals surface area contributed by atoms with Gasteiger partial charge in [0.25, 0.3) is 0 Å². The Bertz CT molecular complexity index is 1540. The van der Waals surface area contributed by atoms with Crippen molar-refractivity contribution in [2.45, 2.75) is 136 Å². The number of nitrogens with one attached hydrogen (secondary N) is 1. The molecule has 3 N–H and O–H groups in total. The van der Waals surface area contributed by atoms with Crippen molar-refractivity contribution in [3.05, 3.63) is 42.0 Å². The second-order valence-electron chi connectivity index (χ2n) is 13.4. The maximum atomic E-state index is 14.0. The summed E-state index contributed by atoms with van der Waals surface area (Å²) < 4.78 is 24.8. The van der Waals surface area contributed by atoms with Gasteiger partial charge in [0, 0.05) is 33.1 Å². The molecule has 1 rings (SSSR count). The third-order valence-electron chi connectivity index (χ3n) is 8.69. The van der Waals surface area contributed by atoms with Gasteiger partial charge in [-0.05, 0) is 50.3 Å². The van der Waals surface area contributed by atoms with E-state index in [-0.39, 0.29) is 18.8 Å². The molecule has 15 nitrogen and oxygen atoms in total. The quantitative estimate of drug-likeness (QED) is 0.0244. The number of Topliss-reactive ketones (excluding diaryl/α,β-unsaturated/α-hetero) is 1. The molecule has 0 heterocycles. The summed E-state index contributed by atoms with van der Waals surface area (Å²) in [7, 11) is 1.09. The van der Waals surface area contributed by atoms with E-state index in [1.54, 1.807) is 31.2 Å². The van der Waals surface area contributed by atoms with E-state index in [1.165, 1.54) is 19.4 Å². The van der Waals surface area contributed by atoms with E-state index < -0.39 is 72.6 Å². The fourth-order valence-electron chi connectivity index (χ4n) is 5.60. The van der Waals surface area contributed by atoms with Gasteiger partial charge < -0.3 is 39.2 Å². The molecule has 15 heteroatoms. The van der Waals surface area contributed by atoms with Gasteiger partial charge in [0.2, 0.25) is 12.2 Å². The SMILES string of the molecule is CC#CCOc1ccc(C[C@H](NC(=O)[C@@H](C=CCCCCCCC(=O)CCCCCCC)[C@@](O)(CC(=O)OC(C)OC(C)=O)C(=O)O)C(=O)OCC(=O)OC)cc1. The van der Waals surface area contributed by atoms with Crippen molar-refractivity contribution in [1.82, 2.24) is 5.32 Å². The largest absolute Gasteiger partial charge is 0.481 e. The summed E-state index contributed by atoms with van der Waals surface area (Å²) in [6.45, 7) is 5.44. The lowest BCUT2D eigenvalue weighted by molar-refractivity contribution is -0.191. The van der Waals surface area contributed by atoms with Gasteiger partial charge in [0.05, 0.1) is 19.4 Å². The molecule has 0 aliphatic carbocycles. The molecule has 0 aromatic heterocycles. The van der Waals surface area contributed by atoms with Crippen molar-refractivity contribution in [2.75, 3.05) is 20.3 Å². The van der Waals surface area contributed by atoms with Crippen LogP contribution in [0.15, 0.2) is 36.4 Å². The Morgan fingerprint density at radius 2 is 1.53 bits per heavy atom. The normalized spacial score (nSPS) is 13.4. The minimum absolute atomic E-state index is 0.145. The van der Waals surface area contributed by atoms with Gasteiger partial charge in [-0.3, -0.25) is 19.2 Å². The molecule has 0 aliphatic heterocycles. The third kappa shape index (κ3) is 21.0. The minimum atomic E-state index is -3.11. The first-order valence-corrected chi connectivity index (χ1v) is 19.3. The summed E-state index contributed by atoms with van der Waals surface area (Å²) in [5, 5.41) is 24.2. The molecule has 1 amide bonds. The highest BCUT2D eigenvalue weighted by Crippen LogP contribution is 2.27. The van der Waals surface area contributed by atoms with Gasteiger partial charge in [-0.2, -0.15) is 0 Å². The highest BCUT2D eigenvalue weighted by atomic mass is 16.7. The van der Waals surface area contributed by atoms with Crippen molar-refractivity contribution in [3.63, 3.8) is 0 Å². The van der Waals surface area contributed by atoms with E-state index in [0.717, 1.165) is 65.1 Å². The second-order valence-corrected chi connectivity index (χ2v) is 13.4. The number of rotatable bonds is 29. The molecule has 0 bridgehead atoms. The van der Waals surface area contributed by atoms with E-state index in [2.05, 4.69) is 28.8 Å². The number of aliphatic carboxylic acids is 1. The minimum Gasteiger partial charge on any atom is -0.481 e. The smallest absolute Gasteiger partial charge is 0.344 e. The summed E-state index contributed by atoms with van der Waals surface area (Å²) in [6.07, 6.45) is 9.42. The van der Waals surface area contributed by atoms with Crippen molar-refractivity contribution in [2.24, 2.45) is 5.92 Å². The van der Waals surface area contributed by atoms with Crippen LogP contribution in [0.4, 0.5) is 0 Å². The first-order valence-electron chi connectivity index (χ1n) is 19.3. The number of carboxylic acids is 1. The first kappa shape index (κ1) is 49.8. The number of carbonyl (C=O) groups excluding carboxylic acids is 6. The van der Waals surface area contributed by atoms with Crippen LogP contribution in [0.25, 0.3) is 0 Å². The number of hydrogen-bond donors (Lipinski definition) is 3. The van der Waals surface area contributed by atoms with E-state index >= 15 is 0 Å². The fourth-order valence-corrected chi connectivity index (χ4v) is 5.60. The zero-order valence-electron chi connectivity index (χ0n) is 33.8. The number of ether oxygens (including phenoxy) is 5. The predicted molar refractivity (Wildman–Crippen MR) is 207 cm³/mol. The van der Waals surface area contributed by atoms with Crippen LogP contribution in [0.2, 0.25) is 0 Å². The number of carboxylic acid groups (broad SMARTS) is 1. The monoisotopic (exact) mass is 801 g/mol. The average Bonchev–Trinajstić information content (AvgIpc) is 3.15. The van der Waals surface area contributed by atoms with Crippen LogP contribution in [-0.2, 0) is 58.9 Å². The Kier molecular flexibility index (Phi) is 24.6. The third-order valence-corrected chi connectivity index (χ3v) is 8.69. The molecule has 0 saturated carbocycles. The molecule has 0 spiro atoms. The van der Waals surface area contributed by atoms with E-state index in [0.29, 0.717) is 37.0 Å². The summed E-state index contributed by atoms with van der Waals surface area (Å²) in [5.74, 6) is -2.92. The molecule has 0 fully saturated rings. The number of esters is 4. The number of benzene rings is 1. The lowest BCUT2D eigenvalue weighted by Gasteiger charge is -2.30. The Morgan fingerprint density at radius 3 is 2.11 bits per heavy atom. The van der Waals surface area contributed by atoms with E-state index in [4.69, 9.17) is 18.9 Å². The highest BCUT2D eigenvalue weighted by Gasteiger charge is 2.50. The zero-order valence-corrected chi connectivity index (χ0v) is 33.8. The molecule has 0 radical (unpaired) electrons. The number of unbranched alkanes of at least 4 members (excludes halogenated alkanes) is 8. The Morgan fingerprint density at radius 1 is 0.895 bits per heavy atom.